The third-order valence-corrected chi connectivity index (χ3v) is 10.1. The van der Waals surface area contributed by atoms with E-state index in [0.29, 0.717) is 19.4 Å². The molecule has 0 bridgehead atoms. The predicted octanol–water partition coefficient (Wildman–Crippen LogP) is 8.52. The minimum atomic E-state index is -5.05. The van der Waals surface area contributed by atoms with E-state index in [1.165, 1.54) is 0 Å². The maximum atomic E-state index is 12.8. The third kappa shape index (κ3) is 28.5. The summed E-state index contributed by atoms with van der Waals surface area (Å²) in [6.07, 6.45) is 38.8. The standard InChI is InChI=1S/C47H75O12P/c1-3-5-7-9-11-13-15-17-19-21-22-24-26-28-30-32-34-36-41(48)58-40(39-57-60(54,55)59-47-45(52)43(50)42(49)44(51)46(47)53)38-56-37-35-33-31-29-27-25-23-20-18-16-14-12-10-8-6-4-2/h5-8,11-14,17-20,22,24-25,27-28,30,40,42-47,49-53H,3-4,9-10,15-16,21,23,26,29,31-39H2,1-2H3,(H,54,55)/b7-5-,8-6-,13-11-,14-12-,19-17-,20-18-,24-22-,27-25-,30-28-. The number of esters is 1. The minimum absolute atomic E-state index is 0.0912. The lowest BCUT2D eigenvalue weighted by Crippen LogP contribution is -2.64. The van der Waals surface area contributed by atoms with Gasteiger partial charge in [0.1, 0.15) is 42.7 Å². The predicted molar refractivity (Wildman–Crippen MR) is 239 cm³/mol. The Hall–Kier alpha value is -3.00. The zero-order valence-corrected chi connectivity index (χ0v) is 36.8. The van der Waals surface area contributed by atoms with Gasteiger partial charge >= 0.3 is 13.8 Å². The molecule has 60 heavy (non-hydrogen) atoms. The van der Waals surface area contributed by atoms with Crippen molar-refractivity contribution in [3.8, 4) is 0 Å². The molecule has 0 aromatic rings. The van der Waals surface area contributed by atoms with Gasteiger partial charge in [-0.25, -0.2) is 4.57 Å². The van der Waals surface area contributed by atoms with Crippen LogP contribution in [0.2, 0.25) is 0 Å². The second-order valence-electron chi connectivity index (χ2n) is 14.4. The highest BCUT2D eigenvalue weighted by Gasteiger charge is 2.51. The molecular weight excluding hydrogens is 787 g/mol. The number of hydrogen-bond acceptors (Lipinski definition) is 11. The zero-order valence-electron chi connectivity index (χ0n) is 35.9. The van der Waals surface area contributed by atoms with Crippen molar-refractivity contribution in [2.24, 2.45) is 0 Å². The summed E-state index contributed by atoms with van der Waals surface area (Å²) in [7, 11) is -5.05. The monoisotopic (exact) mass is 862 g/mol. The third-order valence-electron chi connectivity index (χ3n) is 9.14. The van der Waals surface area contributed by atoms with Crippen molar-refractivity contribution < 1.29 is 58.3 Å². The van der Waals surface area contributed by atoms with E-state index in [4.69, 9.17) is 18.5 Å². The van der Waals surface area contributed by atoms with E-state index in [0.717, 1.165) is 83.5 Å². The smallest absolute Gasteiger partial charge is 0.457 e. The van der Waals surface area contributed by atoms with Crippen LogP contribution in [0.1, 0.15) is 117 Å². The summed E-state index contributed by atoms with van der Waals surface area (Å²) in [6.45, 7) is 3.86. The Labute approximate surface area is 359 Å². The fraction of sp³-hybridized carbons (Fsp3) is 0.596. The highest BCUT2D eigenvalue weighted by atomic mass is 31.2. The Kier molecular flexibility index (Phi) is 33.6. The van der Waals surface area contributed by atoms with Crippen LogP contribution in [-0.4, -0.2) is 98.9 Å². The van der Waals surface area contributed by atoms with Crippen LogP contribution in [0.3, 0.4) is 0 Å². The van der Waals surface area contributed by atoms with E-state index in [1.54, 1.807) is 0 Å². The van der Waals surface area contributed by atoms with Crippen LogP contribution < -0.4 is 0 Å². The van der Waals surface area contributed by atoms with Crippen LogP contribution in [0.25, 0.3) is 0 Å². The molecule has 0 aromatic carbocycles. The van der Waals surface area contributed by atoms with Crippen molar-refractivity contribution >= 4 is 13.8 Å². The molecule has 1 aliphatic carbocycles. The number of aliphatic hydroxyl groups is 5. The minimum Gasteiger partial charge on any atom is -0.457 e. The number of unbranched alkanes of at least 4 members (excludes halogenated alkanes) is 4. The Bertz CT molecular complexity index is 1400. The molecule has 13 heteroatoms. The molecule has 6 unspecified atom stereocenters. The number of ether oxygens (including phenoxy) is 2. The molecule has 6 N–H and O–H groups in total. The molecule has 12 nitrogen and oxygen atoms in total. The van der Waals surface area contributed by atoms with E-state index in [1.807, 2.05) is 12.2 Å². The number of hydrogen-bond donors (Lipinski definition) is 6. The average Bonchev–Trinajstić information content (AvgIpc) is 3.23. The molecule has 6 atom stereocenters. The first-order chi connectivity index (χ1) is 29.0. The average molecular weight is 863 g/mol. The molecule has 1 aliphatic rings. The quantitative estimate of drug-likeness (QED) is 0.0157. The first kappa shape index (κ1) is 55.0. The number of phosphoric acid groups is 1. The van der Waals surface area contributed by atoms with Gasteiger partial charge in [-0.1, -0.05) is 130 Å². The largest absolute Gasteiger partial charge is 0.472 e. The van der Waals surface area contributed by atoms with Crippen LogP contribution in [-0.2, 0) is 27.9 Å². The van der Waals surface area contributed by atoms with Gasteiger partial charge in [-0.05, 0) is 89.9 Å². The number of phosphoric ester groups is 1. The van der Waals surface area contributed by atoms with E-state index in [-0.39, 0.29) is 13.0 Å². The maximum Gasteiger partial charge on any atom is 0.472 e. The highest BCUT2D eigenvalue weighted by Crippen LogP contribution is 2.47. The molecule has 0 aliphatic heterocycles. The van der Waals surface area contributed by atoms with Gasteiger partial charge < -0.3 is 39.9 Å². The summed E-state index contributed by atoms with van der Waals surface area (Å²) in [5.74, 6) is -0.551. The molecule has 0 heterocycles. The normalized spacial score (nSPS) is 23.4. The van der Waals surface area contributed by atoms with Crippen molar-refractivity contribution in [3.63, 3.8) is 0 Å². The molecule has 340 valence electrons. The molecule has 0 spiro atoms. The van der Waals surface area contributed by atoms with Crippen LogP contribution in [0, 0.1) is 0 Å². The number of rotatable bonds is 34. The molecule has 0 amide bonds. The summed E-state index contributed by atoms with van der Waals surface area (Å²) in [6, 6.07) is 0. The van der Waals surface area contributed by atoms with E-state index >= 15 is 0 Å². The number of aliphatic hydroxyl groups excluding tert-OH is 5. The molecular formula is C47H75O12P. The van der Waals surface area contributed by atoms with Gasteiger partial charge in [-0.2, -0.15) is 0 Å². The molecule has 0 aromatic heterocycles. The second-order valence-corrected chi connectivity index (χ2v) is 15.8. The summed E-state index contributed by atoms with van der Waals surface area (Å²) in [4.78, 5) is 23.1. The SMILES string of the molecule is CC/C=C\C/C=C\C/C=C\C/C=C\C/C=C\CCCC(=O)OC(COCCCCC/C=C\C/C=C\C/C=C\C/C=C\CC)COP(=O)(O)OC1C(O)C(O)C(O)C(O)C1O. The lowest BCUT2D eigenvalue weighted by atomic mass is 9.85. The van der Waals surface area contributed by atoms with Gasteiger partial charge in [0.25, 0.3) is 0 Å². The lowest BCUT2D eigenvalue weighted by Gasteiger charge is -2.41. The first-order valence-electron chi connectivity index (χ1n) is 21.7. The van der Waals surface area contributed by atoms with E-state index < -0.39 is 63.1 Å². The number of carbonyl (C=O) groups excluding carboxylic acids is 1. The van der Waals surface area contributed by atoms with Crippen LogP contribution in [0.4, 0.5) is 0 Å². The Balaban J connectivity index is 2.51. The highest BCUT2D eigenvalue weighted by molar-refractivity contribution is 7.47. The molecule has 1 saturated carbocycles. The van der Waals surface area contributed by atoms with Gasteiger partial charge in [0.05, 0.1) is 13.2 Å². The lowest BCUT2D eigenvalue weighted by molar-refractivity contribution is -0.220. The van der Waals surface area contributed by atoms with Crippen molar-refractivity contribution in [1.29, 1.82) is 0 Å². The fourth-order valence-corrected chi connectivity index (χ4v) is 6.70. The number of carbonyl (C=O) groups is 1. The summed E-state index contributed by atoms with van der Waals surface area (Å²) in [5.41, 5.74) is 0. The topological polar surface area (TPSA) is 192 Å². The molecule has 1 fully saturated rings. The van der Waals surface area contributed by atoms with Crippen LogP contribution in [0.5, 0.6) is 0 Å². The maximum absolute atomic E-state index is 12.8. The van der Waals surface area contributed by atoms with Crippen molar-refractivity contribution in [3.05, 3.63) is 109 Å². The van der Waals surface area contributed by atoms with Gasteiger partial charge in [-0.15, -0.1) is 0 Å². The van der Waals surface area contributed by atoms with Crippen molar-refractivity contribution in [2.45, 2.75) is 159 Å². The Morgan fingerprint density at radius 1 is 0.533 bits per heavy atom. The van der Waals surface area contributed by atoms with Gasteiger partial charge in [0.15, 0.2) is 0 Å². The van der Waals surface area contributed by atoms with Crippen molar-refractivity contribution in [2.75, 3.05) is 19.8 Å². The van der Waals surface area contributed by atoms with Crippen LogP contribution in [0.15, 0.2) is 109 Å². The second kappa shape index (κ2) is 36.6. The first-order valence-corrected chi connectivity index (χ1v) is 23.2. The summed E-state index contributed by atoms with van der Waals surface area (Å²) < 4.78 is 34.0. The molecule has 0 saturated heterocycles. The Morgan fingerprint density at radius 2 is 0.933 bits per heavy atom. The number of allylic oxidation sites excluding steroid dienone is 18. The Morgan fingerprint density at radius 3 is 1.38 bits per heavy atom. The van der Waals surface area contributed by atoms with Crippen LogP contribution >= 0.6 is 7.82 Å². The fourth-order valence-electron chi connectivity index (χ4n) is 5.73. The van der Waals surface area contributed by atoms with Gasteiger partial charge in [-0.3, -0.25) is 13.8 Å². The summed E-state index contributed by atoms with van der Waals surface area (Å²) >= 11 is 0. The summed E-state index contributed by atoms with van der Waals surface area (Å²) in [5, 5.41) is 50.1. The van der Waals surface area contributed by atoms with Gasteiger partial charge in [0.2, 0.25) is 0 Å². The van der Waals surface area contributed by atoms with Gasteiger partial charge in [0, 0.05) is 13.0 Å². The molecule has 1 rings (SSSR count). The van der Waals surface area contributed by atoms with E-state index in [2.05, 4.69) is 111 Å². The van der Waals surface area contributed by atoms with E-state index in [9.17, 15) is 39.8 Å². The van der Waals surface area contributed by atoms with Crippen molar-refractivity contribution in [1.82, 2.24) is 0 Å². The molecule has 0 radical (unpaired) electrons. The zero-order chi connectivity index (χ0) is 44.1.